The first kappa shape index (κ1) is 33.1. The van der Waals surface area contributed by atoms with Gasteiger partial charge < -0.3 is 39.7 Å². The lowest BCUT2D eigenvalue weighted by atomic mass is 9.98. The fraction of sp³-hybridized carbons (Fsp3) is 0.385. The highest BCUT2D eigenvalue weighted by Gasteiger charge is 2.52. The van der Waals surface area contributed by atoms with Gasteiger partial charge in [0.25, 0.3) is 0 Å². The standard InChI is InChI=1S/C39H43N7O5/c1-23(2)34(45-38(48)49-3)37(47)46-22-39(50-15-16-51-39)19-33(46)36-42-21-32(44-36)29-13-12-27-17-26(10-11-28(27)18-29)24-6-8-25(9-7-24)31-20-41-35(43-31)30-5-4-14-40-30/h6-13,17-18,20-21,23,30,33-34,40H,4-5,14-16,19,22H2,1-3H3,(H,41,43)(H,42,44)(H,45,48)/t30-,33-,34-/m0/s1. The van der Waals surface area contributed by atoms with Crippen LogP contribution in [-0.4, -0.2) is 82.1 Å². The number of nitrogens with one attached hydrogen (secondary N) is 4. The Morgan fingerprint density at radius 2 is 1.51 bits per heavy atom. The van der Waals surface area contributed by atoms with Crippen LogP contribution in [0.3, 0.4) is 0 Å². The van der Waals surface area contributed by atoms with Gasteiger partial charge >= 0.3 is 6.09 Å². The fourth-order valence-corrected chi connectivity index (χ4v) is 7.57. The predicted octanol–water partition coefficient (Wildman–Crippen LogP) is 6.11. The molecule has 5 heterocycles. The van der Waals surface area contributed by atoms with Crippen LogP contribution in [0.2, 0.25) is 0 Å². The summed E-state index contributed by atoms with van der Waals surface area (Å²) >= 11 is 0. The third-order valence-electron chi connectivity index (χ3n) is 10.4. The Morgan fingerprint density at radius 3 is 2.20 bits per heavy atom. The van der Waals surface area contributed by atoms with Crippen molar-refractivity contribution in [1.29, 1.82) is 0 Å². The molecule has 3 aliphatic heterocycles. The van der Waals surface area contributed by atoms with Crippen LogP contribution in [0.4, 0.5) is 4.79 Å². The quantitative estimate of drug-likeness (QED) is 0.153. The highest BCUT2D eigenvalue weighted by atomic mass is 16.7. The van der Waals surface area contributed by atoms with Crippen molar-refractivity contribution in [3.8, 4) is 33.6 Å². The molecule has 51 heavy (non-hydrogen) atoms. The van der Waals surface area contributed by atoms with E-state index in [0.717, 1.165) is 63.2 Å². The van der Waals surface area contributed by atoms with Crippen LogP contribution < -0.4 is 10.6 Å². The lowest BCUT2D eigenvalue weighted by Gasteiger charge is -2.30. The number of benzene rings is 3. The molecule has 3 atom stereocenters. The van der Waals surface area contributed by atoms with Gasteiger partial charge in [-0.15, -0.1) is 0 Å². The molecule has 0 bridgehead atoms. The summed E-state index contributed by atoms with van der Waals surface area (Å²) in [6.45, 7) is 5.97. The van der Waals surface area contributed by atoms with Crippen LogP contribution in [0.25, 0.3) is 44.4 Å². The number of hydrogen-bond acceptors (Lipinski definition) is 8. The van der Waals surface area contributed by atoms with Gasteiger partial charge in [0.15, 0.2) is 5.79 Å². The number of rotatable bonds is 8. The minimum absolute atomic E-state index is 0.168. The van der Waals surface area contributed by atoms with Crippen molar-refractivity contribution in [2.45, 2.75) is 57.0 Å². The van der Waals surface area contributed by atoms with Crippen molar-refractivity contribution in [3.63, 3.8) is 0 Å². The maximum Gasteiger partial charge on any atom is 0.407 e. The molecule has 1 spiro atoms. The SMILES string of the molecule is COC(=O)N[C@H](C(=O)N1CC2(C[C@H]1c1ncc(-c3ccc4cc(-c5ccc(-c6cnc([C@@H]7CCCN7)[nH]6)cc5)ccc4c3)[nH]1)OCCO2)C(C)C. The number of aromatic nitrogens is 4. The van der Waals surface area contributed by atoms with Gasteiger partial charge in [0.2, 0.25) is 5.91 Å². The van der Waals surface area contributed by atoms with Crippen molar-refractivity contribution >= 4 is 22.8 Å². The van der Waals surface area contributed by atoms with Crippen molar-refractivity contribution in [2.24, 2.45) is 5.92 Å². The molecule has 5 aromatic rings. The van der Waals surface area contributed by atoms with Crippen LogP contribution in [-0.2, 0) is 19.0 Å². The van der Waals surface area contributed by atoms with E-state index in [-0.39, 0.29) is 18.4 Å². The number of alkyl carbamates (subject to hydrolysis) is 1. The van der Waals surface area contributed by atoms with Crippen molar-refractivity contribution < 1.29 is 23.8 Å². The number of ether oxygens (including phenoxy) is 3. The average molecular weight is 690 g/mol. The van der Waals surface area contributed by atoms with E-state index in [1.165, 1.54) is 13.5 Å². The van der Waals surface area contributed by atoms with E-state index in [1.54, 1.807) is 11.1 Å². The zero-order valence-corrected chi connectivity index (χ0v) is 29.1. The minimum atomic E-state index is -0.906. The number of fused-ring (bicyclic) bond motifs is 1. The number of hydrogen-bond donors (Lipinski definition) is 4. The molecule has 3 aliphatic rings. The first-order valence-electron chi connectivity index (χ1n) is 17.7. The summed E-state index contributed by atoms with van der Waals surface area (Å²) in [6, 6.07) is 20.6. The summed E-state index contributed by atoms with van der Waals surface area (Å²) in [6.07, 6.45) is 5.79. The summed E-state index contributed by atoms with van der Waals surface area (Å²) < 4.78 is 16.9. The monoisotopic (exact) mass is 689 g/mol. The Balaban J connectivity index is 1.01. The molecule has 3 aromatic carbocycles. The van der Waals surface area contributed by atoms with E-state index in [9.17, 15) is 9.59 Å². The normalized spacial score (nSPS) is 20.4. The highest BCUT2D eigenvalue weighted by Crippen LogP contribution is 2.43. The first-order chi connectivity index (χ1) is 24.8. The molecular weight excluding hydrogens is 646 g/mol. The number of likely N-dealkylation sites (tertiary alicyclic amines) is 1. The van der Waals surface area contributed by atoms with E-state index in [1.807, 2.05) is 20.0 Å². The molecule has 264 valence electrons. The lowest BCUT2D eigenvalue weighted by Crippen LogP contribution is -2.52. The molecule has 2 amide bonds. The number of imidazole rings is 2. The molecule has 8 rings (SSSR count). The second kappa shape index (κ2) is 13.6. The predicted molar refractivity (Wildman–Crippen MR) is 192 cm³/mol. The number of H-pyrrole nitrogens is 2. The molecule has 0 radical (unpaired) electrons. The molecule has 2 aromatic heterocycles. The molecule has 12 nitrogen and oxygen atoms in total. The summed E-state index contributed by atoms with van der Waals surface area (Å²) in [7, 11) is 1.28. The number of amides is 2. The van der Waals surface area contributed by atoms with Crippen LogP contribution in [0, 0.1) is 5.92 Å². The number of aromatic amines is 2. The van der Waals surface area contributed by atoms with Crippen molar-refractivity contribution in [2.75, 3.05) is 33.4 Å². The Hall–Kier alpha value is -5.04. The maximum atomic E-state index is 13.9. The van der Waals surface area contributed by atoms with Crippen LogP contribution in [0.5, 0.6) is 0 Å². The second-order valence-electron chi connectivity index (χ2n) is 14.0. The van der Waals surface area contributed by atoms with Gasteiger partial charge in [-0.3, -0.25) is 4.79 Å². The van der Waals surface area contributed by atoms with Gasteiger partial charge in [0.1, 0.15) is 17.7 Å². The summed E-state index contributed by atoms with van der Waals surface area (Å²) in [5.74, 6) is 0.330. The average Bonchev–Trinajstić information content (AvgIpc) is 4.00. The molecular formula is C39H43N7O5. The Labute approximate surface area is 296 Å². The van der Waals surface area contributed by atoms with Gasteiger partial charge in [-0.2, -0.15) is 0 Å². The van der Waals surface area contributed by atoms with Crippen molar-refractivity contribution in [1.82, 2.24) is 35.5 Å². The van der Waals surface area contributed by atoms with E-state index >= 15 is 0 Å². The van der Waals surface area contributed by atoms with E-state index in [2.05, 4.69) is 86.2 Å². The van der Waals surface area contributed by atoms with Gasteiger partial charge in [-0.1, -0.05) is 62.4 Å². The van der Waals surface area contributed by atoms with E-state index < -0.39 is 24.0 Å². The first-order valence-corrected chi connectivity index (χ1v) is 17.7. The van der Waals surface area contributed by atoms with Crippen LogP contribution in [0.1, 0.15) is 56.8 Å². The van der Waals surface area contributed by atoms with E-state index in [4.69, 9.17) is 19.2 Å². The zero-order valence-electron chi connectivity index (χ0n) is 29.1. The molecule has 0 saturated carbocycles. The second-order valence-corrected chi connectivity index (χ2v) is 14.0. The largest absolute Gasteiger partial charge is 0.453 e. The third-order valence-corrected chi connectivity index (χ3v) is 10.4. The lowest BCUT2D eigenvalue weighted by molar-refractivity contribution is -0.153. The Morgan fingerprint density at radius 1 is 0.882 bits per heavy atom. The van der Waals surface area contributed by atoms with Crippen molar-refractivity contribution in [3.05, 3.63) is 84.7 Å². The summed E-state index contributed by atoms with van der Waals surface area (Å²) in [5.41, 5.74) is 6.25. The molecule has 3 fully saturated rings. The van der Waals surface area contributed by atoms with E-state index in [0.29, 0.717) is 31.5 Å². The third kappa shape index (κ3) is 6.50. The smallest absolute Gasteiger partial charge is 0.407 e. The number of methoxy groups -OCH3 is 1. The van der Waals surface area contributed by atoms with Gasteiger partial charge in [-0.25, -0.2) is 14.8 Å². The number of carbonyl (C=O) groups excluding carboxylic acids is 2. The van der Waals surface area contributed by atoms with Gasteiger partial charge in [0, 0.05) is 12.0 Å². The summed E-state index contributed by atoms with van der Waals surface area (Å²) in [5, 5.41) is 8.44. The topological polar surface area (TPSA) is 146 Å². The Bertz CT molecular complexity index is 2040. The zero-order chi connectivity index (χ0) is 35.1. The fourth-order valence-electron chi connectivity index (χ4n) is 7.57. The van der Waals surface area contributed by atoms with Crippen LogP contribution >= 0.6 is 0 Å². The minimum Gasteiger partial charge on any atom is -0.453 e. The highest BCUT2D eigenvalue weighted by molar-refractivity contribution is 5.91. The number of nitrogens with zero attached hydrogens (tertiary/aromatic N) is 3. The number of carbonyl (C=O) groups is 2. The molecule has 0 unspecified atom stereocenters. The molecule has 4 N–H and O–H groups in total. The van der Waals surface area contributed by atoms with Crippen LogP contribution in [0.15, 0.2) is 73.1 Å². The molecule has 12 heteroatoms. The molecule has 0 aliphatic carbocycles. The summed E-state index contributed by atoms with van der Waals surface area (Å²) in [4.78, 5) is 44.1. The maximum absolute atomic E-state index is 13.9. The van der Waals surface area contributed by atoms with Gasteiger partial charge in [0.05, 0.1) is 62.7 Å². The van der Waals surface area contributed by atoms with Gasteiger partial charge in [-0.05, 0) is 64.9 Å². The Kier molecular flexibility index (Phi) is 8.83. The molecule has 3 saturated heterocycles.